The predicted octanol–water partition coefficient (Wildman–Crippen LogP) is 4.42. The molecule has 0 aliphatic carbocycles. The van der Waals surface area contributed by atoms with Crippen LogP contribution in [0.2, 0.25) is 5.02 Å². The SMILES string of the molecule is CS/C(=C\[N+](=O)[O-])NC(C)Sc1nc2cc(Cl)ccc2s1. The van der Waals surface area contributed by atoms with Crippen molar-refractivity contribution >= 4 is 56.7 Å². The second-order valence-electron chi connectivity index (χ2n) is 3.98. The summed E-state index contributed by atoms with van der Waals surface area (Å²) in [6.45, 7) is 1.94. The van der Waals surface area contributed by atoms with Crippen LogP contribution in [0.5, 0.6) is 0 Å². The van der Waals surface area contributed by atoms with Gasteiger partial charge in [0.15, 0.2) is 4.34 Å². The summed E-state index contributed by atoms with van der Waals surface area (Å²) in [4.78, 5) is 14.5. The van der Waals surface area contributed by atoms with Crippen molar-refractivity contribution < 1.29 is 4.92 Å². The summed E-state index contributed by atoms with van der Waals surface area (Å²) in [6.07, 6.45) is 2.76. The number of nitrogens with one attached hydrogen (secondary N) is 1. The average molecular weight is 362 g/mol. The molecular formula is C12H12ClN3O2S3. The Morgan fingerprint density at radius 3 is 3.05 bits per heavy atom. The van der Waals surface area contributed by atoms with Crippen LogP contribution in [0, 0.1) is 10.1 Å². The smallest absolute Gasteiger partial charge is 0.263 e. The minimum atomic E-state index is -0.462. The number of thioether (sulfide) groups is 2. The molecule has 0 aliphatic rings. The van der Waals surface area contributed by atoms with Crippen molar-refractivity contribution in [1.29, 1.82) is 0 Å². The molecule has 0 amide bonds. The average Bonchev–Trinajstić information content (AvgIpc) is 2.78. The second kappa shape index (κ2) is 7.35. The summed E-state index contributed by atoms with van der Waals surface area (Å²) >= 11 is 10.3. The molecule has 9 heteroatoms. The Morgan fingerprint density at radius 2 is 2.38 bits per heavy atom. The van der Waals surface area contributed by atoms with Gasteiger partial charge in [-0.2, -0.15) is 0 Å². The quantitative estimate of drug-likeness (QED) is 0.355. The van der Waals surface area contributed by atoms with Crippen molar-refractivity contribution in [2.45, 2.75) is 16.6 Å². The van der Waals surface area contributed by atoms with Crippen LogP contribution in [0.3, 0.4) is 0 Å². The van der Waals surface area contributed by atoms with Crippen LogP contribution in [-0.2, 0) is 0 Å². The van der Waals surface area contributed by atoms with E-state index in [1.807, 2.05) is 25.1 Å². The van der Waals surface area contributed by atoms with Crippen molar-refractivity contribution in [3.8, 4) is 0 Å². The van der Waals surface area contributed by atoms with Gasteiger partial charge in [0.25, 0.3) is 6.20 Å². The first-order valence-electron chi connectivity index (χ1n) is 5.86. The van der Waals surface area contributed by atoms with E-state index in [0.717, 1.165) is 20.8 Å². The normalized spacial score (nSPS) is 13.4. The van der Waals surface area contributed by atoms with Gasteiger partial charge < -0.3 is 5.32 Å². The third-order valence-corrected chi connectivity index (χ3v) is 5.43. The van der Waals surface area contributed by atoms with E-state index >= 15 is 0 Å². The number of hydrogen-bond donors (Lipinski definition) is 1. The summed E-state index contributed by atoms with van der Waals surface area (Å²) in [7, 11) is 0. The molecule has 1 atom stereocenters. The number of nitrogens with zero attached hydrogens (tertiary/aromatic N) is 2. The fourth-order valence-electron chi connectivity index (χ4n) is 1.56. The van der Waals surface area contributed by atoms with E-state index in [2.05, 4.69) is 10.3 Å². The maximum absolute atomic E-state index is 10.5. The molecule has 1 heterocycles. The lowest BCUT2D eigenvalue weighted by Gasteiger charge is -2.12. The summed E-state index contributed by atoms with van der Waals surface area (Å²) in [5.41, 5.74) is 0.869. The molecule has 1 aromatic heterocycles. The van der Waals surface area contributed by atoms with Crippen molar-refractivity contribution in [2.24, 2.45) is 0 Å². The highest BCUT2D eigenvalue weighted by Gasteiger charge is 2.12. The van der Waals surface area contributed by atoms with E-state index < -0.39 is 4.92 Å². The van der Waals surface area contributed by atoms with E-state index in [1.165, 1.54) is 23.5 Å². The van der Waals surface area contributed by atoms with Gasteiger partial charge in [-0.25, -0.2) is 4.98 Å². The van der Waals surface area contributed by atoms with Gasteiger partial charge in [0.1, 0.15) is 5.03 Å². The number of halogens is 1. The van der Waals surface area contributed by atoms with E-state index in [0.29, 0.717) is 10.1 Å². The number of thiazole rings is 1. The summed E-state index contributed by atoms with van der Waals surface area (Å²) in [5, 5.41) is 14.7. The van der Waals surface area contributed by atoms with E-state index in [9.17, 15) is 10.1 Å². The first kappa shape index (κ1) is 16.4. The number of rotatable bonds is 6. The van der Waals surface area contributed by atoms with Crippen LogP contribution in [0.4, 0.5) is 0 Å². The van der Waals surface area contributed by atoms with E-state index in [4.69, 9.17) is 11.6 Å². The summed E-state index contributed by atoms with van der Waals surface area (Å²) in [6, 6.07) is 5.61. The van der Waals surface area contributed by atoms with Crippen molar-refractivity contribution in [2.75, 3.05) is 6.26 Å². The maximum atomic E-state index is 10.5. The lowest BCUT2D eigenvalue weighted by atomic mass is 10.3. The number of hydrogen-bond acceptors (Lipinski definition) is 7. The first-order valence-corrected chi connectivity index (χ1v) is 9.16. The molecule has 112 valence electrons. The van der Waals surface area contributed by atoms with Crippen molar-refractivity contribution in [3.05, 3.63) is 44.6 Å². The minimum absolute atomic E-state index is 0.0281. The number of benzene rings is 1. The monoisotopic (exact) mass is 361 g/mol. The highest BCUT2D eigenvalue weighted by Crippen LogP contribution is 2.33. The van der Waals surface area contributed by atoms with Gasteiger partial charge >= 0.3 is 0 Å². The molecule has 0 fully saturated rings. The largest absolute Gasteiger partial charge is 0.363 e. The maximum Gasteiger partial charge on any atom is 0.263 e. The fourth-order valence-corrected chi connectivity index (χ4v) is 4.49. The molecule has 2 aromatic rings. The molecule has 1 aromatic carbocycles. The third-order valence-electron chi connectivity index (χ3n) is 2.40. The standard InChI is InChI=1S/C12H12ClN3O2S3/c1-7(14-11(19-2)6-16(17)18)20-12-15-9-5-8(13)3-4-10(9)21-12/h3-7,14H,1-2H3/b11-6-. The molecular weight excluding hydrogens is 350 g/mol. The molecule has 0 aliphatic heterocycles. The third kappa shape index (κ3) is 4.77. The Labute approximate surface area is 139 Å². The van der Waals surface area contributed by atoms with Crippen LogP contribution in [0.15, 0.2) is 33.8 Å². The Bertz CT molecular complexity index is 689. The minimum Gasteiger partial charge on any atom is -0.363 e. The Kier molecular flexibility index (Phi) is 5.74. The molecule has 2 rings (SSSR count). The lowest BCUT2D eigenvalue weighted by molar-refractivity contribution is -0.403. The number of nitro groups is 1. The van der Waals surface area contributed by atoms with E-state index in [1.54, 1.807) is 17.6 Å². The first-order chi connectivity index (χ1) is 9.97. The molecule has 0 bridgehead atoms. The molecule has 1 unspecified atom stereocenters. The zero-order valence-electron chi connectivity index (χ0n) is 11.2. The van der Waals surface area contributed by atoms with Gasteiger partial charge in [0, 0.05) is 5.02 Å². The highest BCUT2D eigenvalue weighted by atomic mass is 35.5. The topological polar surface area (TPSA) is 68.1 Å². The van der Waals surface area contributed by atoms with Gasteiger partial charge in [-0.05, 0) is 31.4 Å². The van der Waals surface area contributed by atoms with Crippen LogP contribution >= 0.6 is 46.5 Å². The summed E-state index contributed by atoms with van der Waals surface area (Å²) < 4.78 is 1.97. The zero-order valence-corrected chi connectivity index (χ0v) is 14.4. The Balaban J connectivity index is 2.07. The van der Waals surface area contributed by atoms with Gasteiger partial charge in [0.2, 0.25) is 0 Å². The van der Waals surface area contributed by atoms with Crippen LogP contribution in [-0.4, -0.2) is 21.5 Å². The molecule has 0 saturated heterocycles. The molecule has 0 spiro atoms. The van der Waals surface area contributed by atoms with Crippen molar-refractivity contribution in [1.82, 2.24) is 10.3 Å². The van der Waals surface area contributed by atoms with Crippen LogP contribution in [0.1, 0.15) is 6.92 Å². The highest BCUT2D eigenvalue weighted by molar-refractivity contribution is 8.03. The summed E-state index contributed by atoms with van der Waals surface area (Å²) in [5.74, 6) is 0. The predicted molar refractivity (Wildman–Crippen MR) is 91.7 cm³/mol. The van der Waals surface area contributed by atoms with E-state index in [-0.39, 0.29) is 5.37 Å². The van der Waals surface area contributed by atoms with Crippen LogP contribution < -0.4 is 5.32 Å². The Hall–Kier alpha value is -0.960. The molecule has 21 heavy (non-hydrogen) atoms. The molecule has 0 saturated carbocycles. The molecule has 0 radical (unpaired) electrons. The lowest BCUT2D eigenvalue weighted by Crippen LogP contribution is -2.21. The van der Waals surface area contributed by atoms with Gasteiger partial charge in [-0.15, -0.1) is 23.1 Å². The zero-order chi connectivity index (χ0) is 15.4. The van der Waals surface area contributed by atoms with Gasteiger partial charge in [-0.1, -0.05) is 23.4 Å². The van der Waals surface area contributed by atoms with Crippen molar-refractivity contribution in [3.63, 3.8) is 0 Å². The fraction of sp³-hybridized carbons (Fsp3) is 0.250. The Morgan fingerprint density at radius 1 is 1.62 bits per heavy atom. The van der Waals surface area contributed by atoms with Crippen LogP contribution in [0.25, 0.3) is 10.2 Å². The molecule has 5 nitrogen and oxygen atoms in total. The number of aromatic nitrogens is 1. The number of fused-ring (bicyclic) bond motifs is 1. The molecule has 1 N–H and O–H groups in total. The second-order valence-corrected chi connectivity index (χ2v) is 7.88. The van der Waals surface area contributed by atoms with Gasteiger partial charge in [0.05, 0.1) is 20.5 Å². The van der Waals surface area contributed by atoms with Gasteiger partial charge in [-0.3, -0.25) is 10.1 Å².